The predicted molar refractivity (Wildman–Crippen MR) is 50.0 cm³/mol. The van der Waals surface area contributed by atoms with E-state index in [1.54, 1.807) is 24.3 Å². The zero-order valence-electron chi connectivity index (χ0n) is 7.00. The summed E-state index contributed by atoms with van der Waals surface area (Å²) in [6.45, 7) is 0. The van der Waals surface area contributed by atoms with Crippen LogP contribution in [0.5, 0.6) is 0 Å². The number of carbonyl (C=O) groups is 2. The molecule has 0 aromatic heterocycles. The fraction of sp³-hybridized carbons (Fsp3) is 0.111. The monoisotopic (exact) mass is 197 g/mol. The van der Waals surface area contributed by atoms with Crippen LogP contribution >= 0.6 is 11.6 Å². The zero-order chi connectivity index (χ0) is 9.84. The summed E-state index contributed by atoms with van der Waals surface area (Å²) in [7, 11) is 0. The van der Waals surface area contributed by atoms with Gasteiger partial charge in [0.1, 0.15) is 0 Å². The van der Waals surface area contributed by atoms with Crippen molar-refractivity contribution >= 4 is 23.4 Å². The second-order valence-corrected chi connectivity index (χ2v) is 2.33. The number of hydrogen-bond donors (Lipinski definition) is 1. The molecule has 0 unspecified atom stereocenters. The van der Waals surface area contributed by atoms with Crippen molar-refractivity contribution in [1.82, 2.24) is 5.32 Å². The maximum absolute atomic E-state index is 10.9. The third kappa shape index (κ3) is 1.70. The number of imide groups is 1. The van der Waals surface area contributed by atoms with E-state index in [9.17, 15) is 9.59 Å². The normalized spacial score (nSPS) is 12.8. The van der Waals surface area contributed by atoms with Gasteiger partial charge in [-0.25, -0.2) is 0 Å². The molecular weight excluding hydrogens is 190 g/mol. The van der Waals surface area contributed by atoms with Crippen LogP contribution in [-0.4, -0.2) is 18.2 Å². The van der Waals surface area contributed by atoms with Crippen molar-refractivity contribution in [2.45, 2.75) is 0 Å². The number of hydrogen-bond acceptors (Lipinski definition) is 2. The molecule has 1 aliphatic heterocycles. The van der Waals surface area contributed by atoms with Crippen molar-refractivity contribution in [1.29, 1.82) is 0 Å². The lowest BCUT2D eigenvalue weighted by Crippen LogP contribution is -2.19. The summed E-state index contributed by atoms with van der Waals surface area (Å²) in [6.07, 6.45) is 1.47. The van der Waals surface area contributed by atoms with Gasteiger partial charge in [-0.05, 0) is 12.1 Å². The molecule has 68 valence electrons. The molecule has 1 N–H and O–H groups in total. The summed E-state index contributed by atoms with van der Waals surface area (Å²) < 4.78 is 0. The summed E-state index contributed by atoms with van der Waals surface area (Å²) in [4.78, 5) is 21.9. The topological polar surface area (TPSA) is 46.2 Å². The van der Waals surface area contributed by atoms with Crippen molar-refractivity contribution in [2.24, 2.45) is 0 Å². The molecule has 4 heteroatoms. The van der Waals surface area contributed by atoms with Crippen LogP contribution in [0.2, 0.25) is 0 Å². The first-order valence-corrected chi connectivity index (χ1v) is 4.37. The van der Waals surface area contributed by atoms with Crippen LogP contribution in [0.15, 0.2) is 24.3 Å². The largest absolute Gasteiger partial charge is 0.288 e. The Kier molecular flexibility index (Phi) is 3.03. The average molecular weight is 198 g/mol. The van der Waals surface area contributed by atoms with Crippen LogP contribution in [0.4, 0.5) is 0 Å². The summed E-state index contributed by atoms with van der Waals surface area (Å²) in [5.74, 6) is -0.601. The molecule has 0 saturated carbocycles. The predicted octanol–water partition coefficient (Wildman–Crippen LogP) is 1.43. The summed E-state index contributed by atoms with van der Waals surface area (Å²) in [6, 6.07) is 6.74. The Morgan fingerprint density at radius 3 is 1.77 bits per heavy atom. The number of nitrogens with one attached hydrogen (secondary N) is 1. The SMILES string of the molecule is CCl.O=C1NC(=O)c2ccccc21. The van der Waals surface area contributed by atoms with E-state index in [1.165, 1.54) is 6.38 Å². The number of alkyl halides is 1. The molecule has 0 bridgehead atoms. The van der Waals surface area contributed by atoms with Crippen LogP contribution in [0.3, 0.4) is 0 Å². The molecule has 2 rings (SSSR count). The van der Waals surface area contributed by atoms with Crippen LogP contribution in [0, 0.1) is 0 Å². The first-order valence-electron chi connectivity index (χ1n) is 3.61. The van der Waals surface area contributed by atoms with Crippen molar-refractivity contribution < 1.29 is 9.59 Å². The fourth-order valence-electron chi connectivity index (χ4n) is 1.12. The van der Waals surface area contributed by atoms with E-state index in [-0.39, 0.29) is 11.8 Å². The fourth-order valence-corrected chi connectivity index (χ4v) is 1.12. The second-order valence-electron chi connectivity index (χ2n) is 2.33. The Labute approximate surface area is 80.7 Å². The van der Waals surface area contributed by atoms with Gasteiger partial charge in [-0.2, -0.15) is 0 Å². The second kappa shape index (κ2) is 4.05. The summed E-state index contributed by atoms with van der Waals surface area (Å²) in [5.41, 5.74) is 0.940. The van der Waals surface area contributed by atoms with Gasteiger partial charge in [-0.15, -0.1) is 11.6 Å². The highest BCUT2D eigenvalue weighted by Gasteiger charge is 2.25. The highest BCUT2D eigenvalue weighted by atomic mass is 35.5. The molecule has 1 heterocycles. The number of benzene rings is 1. The smallest absolute Gasteiger partial charge is 0.258 e. The third-order valence-corrected chi connectivity index (χ3v) is 1.64. The van der Waals surface area contributed by atoms with Gasteiger partial charge >= 0.3 is 0 Å². The highest BCUT2D eigenvalue weighted by molar-refractivity contribution is 6.21. The van der Waals surface area contributed by atoms with Crippen LogP contribution < -0.4 is 5.32 Å². The van der Waals surface area contributed by atoms with Gasteiger partial charge in [-0.1, -0.05) is 12.1 Å². The zero-order valence-corrected chi connectivity index (χ0v) is 7.76. The Hall–Kier alpha value is -1.35. The van der Waals surface area contributed by atoms with Crippen LogP contribution in [-0.2, 0) is 0 Å². The van der Waals surface area contributed by atoms with E-state index >= 15 is 0 Å². The molecule has 1 aromatic rings. The Bertz CT molecular complexity index is 316. The maximum Gasteiger partial charge on any atom is 0.258 e. The van der Waals surface area contributed by atoms with Crippen LogP contribution in [0.25, 0.3) is 0 Å². The molecule has 13 heavy (non-hydrogen) atoms. The van der Waals surface area contributed by atoms with E-state index in [0.29, 0.717) is 11.1 Å². The Morgan fingerprint density at radius 2 is 1.38 bits per heavy atom. The maximum atomic E-state index is 10.9. The van der Waals surface area contributed by atoms with Gasteiger partial charge in [-0.3, -0.25) is 14.9 Å². The van der Waals surface area contributed by atoms with Crippen molar-refractivity contribution in [2.75, 3.05) is 6.38 Å². The Balaban J connectivity index is 0.000000396. The Morgan fingerprint density at radius 1 is 1.00 bits per heavy atom. The molecule has 1 aliphatic rings. The van der Waals surface area contributed by atoms with E-state index in [2.05, 4.69) is 16.9 Å². The molecule has 0 radical (unpaired) electrons. The van der Waals surface area contributed by atoms with E-state index in [4.69, 9.17) is 0 Å². The van der Waals surface area contributed by atoms with E-state index < -0.39 is 0 Å². The molecule has 0 saturated heterocycles. The van der Waals surface area contributed by atoms with Crippen molar-refractivity contribution in [3.8, 4) is 0 Å². The molecule has 2 amide bonds. The number of rotatable bonds is 0. The molecule has 0 fully saturated rings. The molecule has 1 aromatic carbocycles. The van der Waals surface area contributed by atoms with Gasteiger partial charge in [0.2, 0.25) is 0 Å². The summed E-state index contributed by atoms with van der Waals surface area (Å²) in [5, 5.41) is 2.20. The van der Waals surface area contributed by atoms with Crippen molar-refractivity contribution in [3.63, 3.8) is 0 Å². The van der Waals surface area contributed by atoms with Crippen molar-refractivity contribution in [3.05, 3.63) is 35.4 Å². The lowest BCUT2D eigenvalue weighted by molar-refractivity contribution is 0.0879. The summed E-state index contributed by atoms with van der Waals surface area (Å²) >= 11 is 4.64. The standard InChI is InChI=1S/C8H5NO2.CH3Cl/c10-7-5-3-1-2-4-6(5)8(11)9-7;1-2/h1-4H,(H,9,10,11);1H3. The first-order chi connectivity index (χ1) is 6.29. The van der Waals surface area contributed by atoms with E-state index in [1.807, 2.05) is 0 Å². The van der Waals surface area contributed by atoms with Gasteiger partial charge in [0.15, 0.2) is 0 Å². The quantitative estimate of drug-likeness (QED) is 0.505. The minimum absolute atomic E-state index is 0.300. The molecule has 3 nitrogen and oxygen atoms in total. The first kappa shape index (κ1) is 9.74. The number of halogens is 1. The third-order valence-electron chi connectivity index (χ3n) is 1.64. The molecule has 0 atom stereocenters. The number of amides is 2. The number of carbonyl (C=O) groups excluding carboxylic acids is 2. The highest BCUT2D eigenvalue weighted by Crippen LogP contribution is 2.13. The van der Waals surface area contributed by atoms with Gasteiger partial charge in [0, 0.05) is 6.38 Å². The number of fused-ring (bicyclic) bond motifs is 1. The lowest BCUT2D eigenvalue weighted by Gasteiger charge is -1.88. The van der Waals surface area contributed by atoms with E-state index in [0.717, 1.165) is 0 Å². The minimum atomic E-state index is -0.300. The minimum Gasteiger partial charge on any atom is -0.288 e. The molecule has 0 aliphatic carbocycles. The van der Waals surface area contributed by atoms with Gasteiger partial charge < -0.3 is 0 Å². The average Bonchev–Trinajstić information content (AvgIpc) is 2.47. The van der Waals surface area contributed by atoms with Gasteiger partial charge in [0.25, 0.3) is 11.8 Å². The molecular formula is C9H8ClNO2. The lowest BCUT2D eigenvalue weighted by atomic mass is 10.1. The molecule has 0 spiro atoms. The van der Waals surface area contributed by atoms with Crippen LogP contribution in [0.1, 0.15) is 20.7 Å². The van der Waals surface area contributed by atoms with Gasteiger partial charge in [0.05, 0.1) is 11.1 Å².